The van der Waals surface area contributed by atoms with Gasteiger partial charge in [-0.15, -0.1) is 0 Å². The minimum Gasteiger partial charge on any atom is -0.383 e. The van der Waals surface area contributed by atoms with Crippen molar-refractivity contribution in [2.45, 2.75) is 6.92 Å². The first-order chi connectivity index (χ1) is 18.0. The van der Waals surface area contributed by atoms with Gasteiger partial charge in [-0.05, 0) is 60.5 Å². The predicted molar refractivity (Wildman–Crippen MR) is 152 cm³/mol. The molecule has 37 heavy (non-hydrogen) atoms. The molecule has 0 spiro atoms. The molecule has 0 aliphatic rings. The lowest BCUT2D eigenvalue weighted by Crippen LogP contribution is -2.18. The van der Waals surface area contributed by atoms with E-state index in [1.54, 1.807) is 6.20 Å². The number of halogens is 2. The molecule has 5 rings (SSSR count). The largest absolute Gasteiger partial charge is 0.383 e. The Morgan fingerprint density at radius 2 is 1.16 bits per heavy atom. The number of anilines is 4. The fraction of sp³-hybridized carbons (Fsp3) is 0.192. The average Bonchev–Trinajstić information content (AvgIpc) is 2.88. The minimum atomic E-state index is 0.119. The van der Waals surface area contributed by atoms with Gasteiger partial charge in [0.1, 0.15) is 0 Å². The highest BCUT2D eigenvalue weighted by Crippen LogP contribution is 2.24. The number of benzene rings is 2. The molecule has 11 heteroatoms. The third-order valence-corrected chi connectivity index (χ3v) is 6.06. The first-order valence-corrected chi connectivity index (χ1v) is 12.6. The van der Waals surface area contributed by atoms with Crippen LogP contribution in [0.25, 0.3) is 21.8 Å². The molecule has 9 nitrogen and oxygen atoms in total. The molecule has 2 aromatic carbocycles. The molecule has 0 bridgehead atoms. The van der Waals surface area contributed by atoms with Gasteiger partial charge in [0.2, 0.25) is 17.2 Å². The van der Waals surface area contributed by atoms with Crippen molar-refractivity contribution in [3.8, 4) is 0 Å². The Kier molecular flexibility index (Phi) is 7.62. The smallest absolute Gasteiger partial charge is 0.228 e. The summed E-state index contributed by atoms with van der Waals surface area (Å²) in [6.07, 6.45) is 3.56. The fourth-order valence-electron chi connectivity index (χ4n) is 3.94. The van der Waals surface area contributed by atoms with Gasteiger partial charge in [0.15, 0.2) is 0 Å². The second-order valence-corrected chi connectivity index (χ2v) is 9.13. The SMILES string of the molecule is Cc1ccc2c(NCCNc3nc(Cl)nc(NCCNc4ccnc5cc(Cl)ccc45)n3)ccnc2c1. The van der Waals surface area contributed by atoms with Crippen LogP contribution in [0.4, 0.5) is 23.3 Å². The lowest BCUT2D eigenvalue weighted by atomic mass is 10.1. The number of rotatable bonds is 10. The first-order valence-electron chi connectivity index (χ1n) is 11.8. The zero-order valence-electron chi connectivity index (χ0n) is 20.1. The number of aryl methyl sites for hydroxylation is 1. The molecular weight excluding hydrogens is 509 g/mol. The molecule has 0 unspecified atom stereocenters. The van der Waals surface area contributed by atoms with Crippen LogP contribution in [0.3, 0.4) is 0 Å². The molecule has 0 atom stereocenters. The van der Waals surface area contributed by atoms with E-state index < -0.39 is 0 Å². The Morgan fingerprint density at radius 1 is 0.622 bits per heavy atom. The van der Waals surface area contributed by atoms with Crippen LogP contribution < -0.4 is 21.3 Å². The Morgan fingerprint density at radius 3 is 1.78 bits per heavy atom. The molecule has 0 fully saturated rings. The summed E-state index contributed by atoms with van der Waals surface area (Å²) in [5, 5.41) is 16.1. The molecule has 0 saturated carbocycles. The van der Waals surface area contributed by atoms with E-state index in [0.717, 1.165) is 33.2 Å². The van der Waals surface area contributed by atoms with Crippen molar-refractivity contribution in [2.24, 2.45) is 0 Å². The summed E-state index contributed by atoms with van der Waals surface area (Å²) in [5.74, 6) is 0.809. The summed E-state index contributed by atoms with van der Waals surface area (Å²) in [5.41, 5.74) is 4.99. The number of nitrogens with zero attached hydrogens (tertiary/aromatic N) is 5. The standard InChI is InChI=1S/C26H25Cl2N9/c1-16-2-4-18-20(6-8-29-22(18)14-16)31-10-12-33-25-35-24(28)36-26(37-25)34-13-11-32-21-7-9-30-23-15-17(27)3-5-19(21)23/h2-9,14-15H,10-13H2,1H3,(H,29,31)(H,30,32)(H2,33,34,35,36,37). The quantitative estimate of drug-likeness (QED) is 0.169. The summed E-state index contributed by atoms with van der Waals surface area (Å²) in [4.78, 5) is 21.6. The molecule has 0 amide bonds. The zero-order chi connectivity index (χ0) is 25.6. The second-order valence-electron chi connectivity index (χ2n) is 8.36. The molecule has 0 aliphatic heterocycles. The van der Waals surface area contributed by atoms with E-state index in [2.05, 4.69) is 71.3 Å². The number of pyridine rings is 2. The van der Waals surface area contributed by atoms with Crippen molar-refractivity contribution >= 4 is 68.3 Å². The normalized spacial score (nSPS) is 11.0. The van der Waals surface area contributed by atoms with Crippen LogP contribution in [0.5, 0.6) is 0 Å². The van der Waals surface area contributed by atoms with Crippen molar-refractivity contribution in [2.75, 3.05) is 47.4 Å². The van der Waals surface area contributed by atoms with Crippen molar-refractivity contribution in [3.05, 3.63) is 76.8 Å². The Bertz CT molecular complexity index is 1430. The molecule has 0 radical (unpaired) electrons. The maximum Gasteiger partial charge on any atom is 0.228 e. The van der Waals surface area contributed by atoms with Crippen LogP contribution in [-0.2, 0) is 0 Å². The van der Waals surface area contributed by atoms with E-state index in [-0.39, 0.29) is 5.28 Å². The van der Waals surface area contributed by atoms with Crippen LogP contribution in [0.2, 0.25) is 10.3 Å². The summed E-state index contributed by atoms with van der Waals surface area (Å²) < 4.78 is 0. The van der Waals surface area contributed by atoms with Gasteiger partial charge in [-0.1, -0.05) is 23.7 Å². The molecule has 188 valence electrons. The summed E-state index contributed by atoms with van der Waals surface area (Å²) in [6, 6.07) is 15.8. The van der Waals surface area contributed by atoms with Crippen LogP contribution in [-0.4, -0.2) is 51.1 Å². The van der Waals surface area contributed by atoms with Crippen LogP contribution in [0.15, 0.2) is 60.9 Å². The predicted octanol–water partition coefficient (Wildman–Crippen LogP) is 5.63. The molecular formula is C26H25Cl2N9. The second kappa shape index (κ2) is 11.4. The zero-order valence-corrected chi connectivity index (χ0v) is 21.6. The summed E-state index contributed by atoms with van der Waals surface area (Å²) in [7, 11) is 0. The number of hydrogen-bond acceptors (Lipinski definition) is 9. The monoisotopic (exact) mass is 533 g/mol. The van der Waals surface area contributed by atoms with E-state index in [1.807, 2.05) is 36.5 Å². The Labute approximate surface area is 224 Å². The summed E-state index contributed by atoms with van der Waals surface area (Å²) in [6.45, 7) is 4.53. The van der Waals surface area contributed by atoms with Gasteiger partial charge in [-0.25, -0.2) is 0 Å². The van der Waals surface area contributed by atoms with E-state index in [4.69, 9.17) is 23.2 Å². The van der Waals surface area contributed by atoms with Gasteiger partial charge >= 0.3 is 0 Å². The molecule has 3 heterocycles. The maximum atomic E-state index is 6.13. The number of fused-ring (bicyclic) bond motifs is 2. The highest BCUT2D eigenvalue weighted by molar-refractivity contribution is 6.31. The van der Waals surface area contributed by atoms with Gasteiger partial charge in [0, 0.05) is 65.7 Å². The van der Waals surface area contributed by atoms with Crippen LogP contribution in [0.1, 0.15) is 5.56 Å². The van der Waals surface area contributed by atoms with E-state index in [1.165, 1.54) is 5.56 Å². The number of nitrogens with one attached hydrogen (secondary N) is 4. The first kappa shape index (κ1) is 24.7. The van der Waals surface area contributed by atoms with Gasteiger partial charge < -0.3 is 21.3 Å². The van der Waals surface area contributed by atoms with Gasteiger partial charge in [-0.3, -0.25) is 9.97 Å². The third-order valence-electron chi connectivity index (χ3n) is 5.66. The molecule has 4 N–H and O–H groups in total. The maximum absolute atomic E-state index is 6.13. The number of hydrogen-bond donors (Lipinski definition) is 4. The van der Waals surface area contributed by atoms with Gasteiger partial charge in [0.05, 0.1) is 11.0 Å². The fourth-order valence-corrected chi connectivity index (χ4v) is 4.27. The highest BCUT2D eigenvalue weighted by atomic mass is 35.5. The van der Waals surface area contributed by atoms with Crippen molar-refractivity contribution < 1.29 is 0 Å². The molecule has 5 aromatic rings. The minimum absolute atomic E-state index is 0.119. The average molecular weight is 534 g/mol. The van der Waals surface area contributed by atoms with Crippen LogP contribution in [0, 0.1) is 6.92 Å². The third kappa shape index (κ3) is 6.25. The van der Waals surface area contributed by atoms with Gasteiger partial charge in [-0.2, -0.15) is 15.0 Å². The van der Waals surface area contributed by atoms with Crippen molar-refractivity contribution in [3.63, 3.8) is 0 Å². The Hall–Kier alpha value is -3.95. The van der Waals surface area contributed by atoms with Crippen molar-refractivity contribution in [1.29, 1.82) is 0 Å². The van der Waals surface area contributed by atoms with Gasteiger partial charge in [0.25, 0.3) is 0 Å². The van der Waals surface area contributed by atoms with Crippen molar-refractivity contribution in [1.82, 2.24) is 24.9 Å². The van der Waals surface area contributed by atoms with Crippen LogP contribution >= 0.6 is 23.2 Å². The van der Waals surface area contributed by atoms with E-state index >= 15 is 0 Å². The molecule has 0 aliphatic carbocycles. The molecule has 0 saturated heterocycles. The number of aromatic nitrogens is 5. The lowest BCUT2D eigenvalue weighted by Gasteiger charge is -2.12. The van der Waals surface area contributed by atoms with E-state index in [0.29, 0.717) is 43.1 Å². The topological polar surface area (TPSA) is 113 Å². The van der Waals surface area contributed by atoms with E-state index in [9.17, 15) is 0 Å². The molecule has 3 aromatic heterocycles. The summed E-state index contributed by atoms with van der Waals surface area (Å²) >= 11 is 12.2. The Balaban J connectivity index is 1.12. The lowest BCUT2D eigenvalue weighted by molar-refractivity contribution is 0.968. The highest BCUT2D eigenvalue weighted by Gasteiger charge is 2.07.